The summed E-state index contributed by atoms with van der Waals surface area (Å²) in [6, 6.07) is 0.0316. The van der Waals surface area contributed by atoms with E-state index in [1.165, 1.54) is 18.7 Å². The molecule has 3 atom stereocenters. The molecule has 1 aromatic carbocycles. The average molecular weight is 525 g/mol. The lowest BCUT2D eigenvalue weighted by molar-refractivity contribution is -0.138. The molecule has 4 rings (SSSR count). The van der Waals surface area contributed by atoms with Gasteiger partial charge in [0.05, 0.1) is 34.9 Å². The molecule has 1 aliphatic heterocycles. The summed E-state index contributed by atoms with van der Waals surface area (Å²) in [5.74, 6) is -3.39. The number of nitrogens with one attached hydrogen (secondary N) is 2. The molecule has 3 heterocycles. The fourth-order valence-corrected chi connectivity index (χ4v) is 4.51. The molecule has 8 nitrogen and oxygen atoms in total. The summed E-state index contributed by atoms with van der Waals surface area (Å²) in [6.07, 6.45) is -4.33. The normalized spacial score (nSPS) is 19.2. The maximum Gasteiger partial charge on any atom is 0.416 e. The first-order valence-electron chi connectivity index (χ1n) is 11.4. The van der Waals surface area contributed by atoms with Crippen molar-refractivity contribution in [2.45, 2.75) is 52.1 Å². The van der Waals surface area contributed by atoms with E-state index in [4.69, 9.17) is 4.74 Å². The van der Waals surface area contributed by atoms with Gasteiger partial charge in [-0.2, -0.15) is 13.2 Å². The van der Waals surface area contributed by atoms with Crippen LogP contribution in [0.4, 0.5) is 27.8 Å². The molecule has 13 heteroatoms. The Morgan fingerprint density at radius 3 is 2.46 bits per heavy atom. The zero-order chi connectivity index (χ0) is 27.2. The molecule has 0 spiro atoms. The van der Waals surface area contributed by atoms with E-state index >= 15 is 4.39 Å². The maximum absolute atomic E-state index is 15.4. The number of aromatic amines is 1. The first-order chi connectivity index (χ1) is 17.3. The number of carbonyl (C=O) groups is 1. The summed E-state index contributed by atoms with van der Waals surface area (Å²) in [6.45, 7) is 6.73. The fourth-order valence-electron chi connectivity index (χ4n) is 4.51. The molecule has 2 aromatic heterocycles. The van der Waals surface area contributed by atoms with Gasteiger partial charge in [0.2, 0.25) is 0 Å². The molecule has 0 saturated carbocycles. The number of anilines is 1. The first-order valence-corrected chi connectivity index (χ1v) is 11.4. The summed E-state index contributed by atoms with van der Waals surface area (Å²) in [7, 11) is 0. The van der Waals surface area contributed by atoms with Gasteiger partial charge in [0, 0.05) is 24.8 Å². The van der Waals surface area contributed by atoms with Gasteiger partial charge in [-0.3, -0.25) is 9.59 Å². The van der Waals surface area contributed by atoms with Gasteiger partial charge in [0.15, 0.2) is 11.6 Å². The van der Waals surface area contributed by atoms with E-state index < -0.39 is 63.2 Å². The summed E-state index contributed by atoms with van der Waals surface area (Å²) in [5, 5.41) is 1.78. The lowest BCUT2D eigenvalue weighted by atomic mass is 9.97. The van der Waals surface area contributed by atoms with Crippen molar-refractivity contribution in [2.75, 3.05) is 18.4 Å². The van der Waals surface area contributed by atoms with E-state index in [2.05, 4.69) is 20.3 Å². The van der Waals surface area contributed by atoms with Crippen LogP contribution in [0.15, 0.2) is 23.1 Å². The van der Waals surface area contributed by atoms with Crippen LogP contribution in [0.2, 0.25) is 0 Å². The Bertz CT molecular complexity index is 1410. The van der Waals surface area contributed by atoms with Gasteiger partial charge in [-0.05, 0) is 39.8 Å². The Kier molecular flexibility index (Phi) is 6.93. The summed E-state index contributed by atoms with van der Waals surface area (Å²) < 4.78 is 77.4. The van der Waals surface area contributed by atoms with Crippen LogP contribution in [0.3, 0.4) is 0 Å². The van der Waals surface area contributed by atoms with Crippen LogP contribution in [0.25, 0.3) is 10.9 Å². The van der Waals surface area contributed by atoms with Crippen LogP contribution < -0.4 is 10.9 Å². The lowest BCUT2D eigenvalue weighted by Crippen LogP contribution is -2.48. The van der Waals surface area contributed by atoms with E-state index in [9.17, 15) is 27.2 Å². The molecular formula is C24H24F5N5O3. The fraction of sp³-hybridized carbons (Fsp3) is 0.417. The van der Waals surface area contributed by atoms with E-state index in [0.717, 1.165) is 12.3 Å². The highest BCUT2D eigenvalue weighted by molar-refractivity contribution is 5.94. The van der Waals surface area contributed by atoms with Crippen molar-refractivity contribution in [1.29, 1.82) is 0 Å². The molecule has 1 fully saturated rings. The molecule has 1 unspecified atom stereocenters. The predicted octanol–water partition coefficient (Wildman–Crippen LogP) is 4.35. The van der Waals surface area contributed by atoms with Crippen molar-refractivity contribution in [2.24, 2.45) is 0 Å². The number of alkyl halides is 3. The van der Waals surface area contributed by atoms with Crippen LogP contribution in [-0.2, 0) is 10.9 Å². The Morgan fingerprint density at radius 2 is 1.86 bits per heavy atom. The van der Waals surface area contributed by atoms with Gasteiger partial charge in [0.25, 0.3) is 11.5 Å². The number of amides is 1. The Labute approximate surface area is 207 Å². The van der Waals surface area contributed by atoms with E-state index in [0.29, 0.717) is 19.2 Å². The Hall–Kier alpha value is -3.61. The highest BCUT2D eigenvalue weighted by atomic mass is 19.4. The van der Waals surface area contributed by atoms with E-state index in [1.807, 2.05) is 0 Å². The average Bonchev–Trinajstić information content (AvgIpc) is 2.77. The third-order valence-corrected chi connectivity index (χ3v) is 5.98. The standard InChI is InChI=1S/C24H24F5N5O3/c1-10-8-34(9-11(2)37-10)23(36)14-5-16(25)21(30-7-14)31-12(3)18-15(24(27,28)29)6-17-19(20(18)26)22(35)33-13(4)32-17/h5-7,10-12H,8-9H2,1-4H3,(H,30,31)(H,32,33,35)/t10-,11+,12?. The van der Waals surface area contributed by atoms with Gasteiger partial charge in [0.1, 0.15) is 17.0 Å². The molecule has 3 aromatic rings. The maximum atomic E-state index is 15.4. The molecule has 0 radical (unpaired) electrons. The smallest absolute Gasteiger partial charge is 0.372 e. The van der Waals surface area contributed by atoms with Crippen molar-refractivity contribution >= 4 is 22.6 Å². The number of aromatic nitrogens is 3. The molecule has 1 saturated heterocycles. The lowest BCUT2D eigenvalue weighted by Gasteiger charge is -2.35. The predicted molar refractivity (Wildman–Crippen MR) is 124 cm³/mol. The Balaban J connectivity index is 1.68. The third kappa shape index (κ3) is 5.26. The van der Waals surface area contributed by atoms with Gasteiger partial charge < -0.3 is 19.9 Å². The number of hydrogen-bond donors (Lipinski definition) is 2. The first kappa shape index (κ1) is 26.5. The number of aryl methyl sites for hydroxylation is 1. The van der Waals surface area contributed by atoms with E-state index in [-0.39, 0.29) is 23.6 Å². The van der Waals surface area contributed by atoms with Crippen LogP contribution >= 0.6 is 0 Å². The second-order valence-electron chi connectivity index (χ2n) is 9.08. The molecule has 1 aliphatic rings. The van der Waals surface area contributed by atoms with Crippen molar-refractivity contribution in [3.8, 4) is 0 Å². The largest absolute Gasteiger partial charge is 0.416 e. The minimum absolute atomic E-state index is 0.0193. The number of halogens is 5. The number of carbonyl (C=O) groups excluding carboxylic acids is 1. The second kappa shape index (κ2) is 9.69. The zero-order valence-electron chi connectivity index (χ0n) is 20.3. The van der Waals surface area contributed by atoms with Crippen molar-refractivity contribution in [1.82, 2.24) is 19.9 Å². The van der Waals surface area contributed by atoms with Crippen molar-refractivity contribution < 1.29 is 31.5 Å². The van der Waals surface area contributed by atoms with Crippen LogP contribution in [0.1, 0.15) is 54.1 Å². The van der Waals surface area contributed by atoms with E-state index in [1.54, 1.807) is 13.8 Å². The number of morpholine rings is 1. The monoisotopic (exact) mass is 525 g/mol. The molecule has 0 aliphatic carbocycles. The van der Waals surface area contributed by atoms with Crippen molar-refractivity contribution in [3.63, 3.8) is 0 Å². The highest BCUT2D eigenvalue weighted by Crippen LogP contribution is 2.39. The number of H-pyrrole nitrogens is 1. The molecule has 1 amide bonds. The number of fused-ring (bicyclic) bond motifs is 1. The highest BCUT2D eigenvalue weighted by Gasteiger charge is 2.38. The second-order valence-corrected chi connectivity index (χ2v) is 9.08. The molecule has 0 bridgehead atoms. The van der Waals surface area contributed by atoms with Gasteiger partial charge in [-0.15, -0.1) is 0 Å². The van der Waals surface area contributed by atoms with Gasteiger partial charge >= 0.3 is 6.18 Å². The number of pyridine rings is 1. The number of hydrogen-bond acceptors (Lipinski definition) is 6. The summed E-state index contributed by atoms with van der Waals surface area (Å²) in [5.41, 5.74) is -3.72. The van der Waals surface area contributed by atoms with Crippen LogP contribution in [0, 0.1) is 18.6 Å². The molecule has 2 N–H and O–H groups in total. The number of rotatable bonds is 4. The minimum atomic E-state index is -4.99. The summed E-state index contributed by atoms with van der Waals surface area (Å²) in [4.78, 5) is 36.5. The van der Waals surface area contributed by atoms with Gasteiger partial charge in [-0.1, -0.05) is 0 Å². The summed E-state index contributed by atoms with van der Waals surface area (Å²) >= 11 is 0. The minimum Gasteiger partial charge on any atom is -0.372 e. The van der Waals surface area contributed by atoms with Crippen LogP contribution in [0.5, 0.6) is 0 Å². The number of nitrogens with zero attached hydrogens (tertiary/aromatic N) is 3. The molecule has 198 valence electrons. The Morgan fingerprint density at radius 1 is 1.22 bits per heavy atom. The molecule has 37 heavy (non-hydrogen) atoms. The van der Waals surface area contributed by atoms with Crippen molar-refractivity contribution in [3.05, 3.63) is 62.8 Å². The SMILES string of the molecule is Cc1nc2cc(C(F)(F)F)c(C(C)Nc3ncc(C(=O)N4C[C@@H](C)O[C@@H](C)C4)cc3F)c(F)c2c(=O)[nH]1. The number of ether oxygens (including phenoxy) is 1. The van der Waals surface area contributed by atoms with Gasteiger partial charge in [-0.25, -0.2) is 18.7 Å². The quantitative estimate of drug-likeness (QED) is 0.492. The van der Waals surface area contributed by atoms with Crippen LogP contribution in [-0.4, -0.2) is 51.1 Å². The third-order valence-electron chi connectivity index (χ3n) is 5.98. The number of benzene rings is 1. The zero-order valence-corrected chi connectivity index (χ0v) is 20.3. The molecular weight excluding hydrogens is 501 g/mol. The topological polar surface area (TPSA) is 100 Å².